The fraction of sp³-hybridized carbons (Fsp3) is 0.300. The minimum absolute atomic E-state index is 0.0243. The van der Waals surface area contributed by atoms with Crippen LogP contribution in [0.5, 0.6) is 5.75 Å². The fourth-order valence-electron chi connectivity index (χ4n) is 2.98. The molecule has 0 radical (unpaired) electrons. The van der Waals surface area contributed by atoms with Gasteiger partial charge in [-0.15, -0.1) is 0 Å². The van der Waals surface area contributed by atoms with Gasteiger partial charge in [0.1, 0.15) is 5.75 Å². The van der Waals surface area contributed by atoms with Crippen LogP contribution in [0.2, 0.25) is 15.1 Å². The van der Waals surface area contributed by atoms with Crippen LogP contribution in [-0.2, 0) is 4.79 Å². The summed E-state index contributed by atoms with van der Waals surface area (Å²) in [7, 11) is 0. The molecule has 1 N–H and O–H groups in total. The molecule has 1 aliphatic rings. The average Bonchev–Trinajstić information content (AvgIpc) is 2.69. The second-order valence-electron chi connectivity index (χ2n) is 6.50. The van der Waals surface area contributed by atoms with Gasteiger partial charge in [-0.1, -0.05) is 34.8 Å². The van der Waals surface area contributed by atoms with Crippen molar-refractivity contribution in [2.75, 3.05) is 19.7 Å². The van der Waals surface area contributed by atoms with Gasteiger partial charge in [0.15, 0.2) is 6.61 Å². The molecule has 1 fully saturated rings. The molecule has 0 unspecified atom stereocenters. The first kappa shape index (κ1) is 20.8. The molecule has 1 saturated heterocycles. The first-order valence-corrected chi connectivity index (χ1v) is 9.98. The molecule has 0 saturated carbocycles. The highest BCUT2D eigenvalue weighted by Crippen LogP contribution is 2.21. The normalized spacial score (nSPS) is 14.6. The average molecular weight is 442 g/mol. The Hall–Kier alpha value is -1.95. The summed E-state index contributed by atoms with van der Waals surface area (Å²) in [4.78, 5) is 26.5. The summed E-state index contributed by atoms with van der Waals surface area (Å²) in [6.45, 7) is 1.07. The van der Waals surface area contributed by atoms with Crippen molar-refractivity contribution in [3.05, 3.63) is 63.1 Å². The molecule has 0 spiro atoms. The van der Waals surface area contributed by atoms with Gasteiger partial charge in [0.2, 0.25) is 0 Å². The quantitative estimate of drug-likeness (QED) is 0.746. The number of carbonyl (C=O) groups is 2. The van der Waals surface area contributed by atoms with Gasteiger partial charge in [-0.25, -0.2) is 0 Å². The van der Waals surface area contributed by atoms with Gasteiger partial charge in [-0.3, -0.25) is 9.59 Å². The van der Waals surface area contributed by atoms with Gasteiger partial charge in [-0.2, -0.15) is 0 Å². The second kappa shape index (κ2) is 9.50. The summed E-state index contributed by atoms with van der Waals surface area (Å²) < 4.78 is 5.50. The Morgan fingerprint density at radius 3 is 2.32 bits per heavy atom. The van der Waals surface area contributed by atoms with Crippen molar-refractivity contribution < 1.29 is 14.3 Å². The number of halogens is 3. The summed E-state index contributed by atoms with van der Waals surface area (Å²) in [5, 5.41) is 4.38. The van der Waals surface area contributed by atoms with Crippen LogP contribution in [0, 0.1) is 0 Å². The van der Waals surface area contributed by atoms with Crippen LogP contribution in [0.25, 0.3) is 0 Å². The molecule has 2 aromatic rings. The van der Waals surface area contributed by atoms with Crippen molar-refractivity contribution >= 4 is 46.6 Å². The highest BCUT2D eigenvalue weighted by atomic mass is 35.5. The Morgan fingerprint density at radius 1 is 1.00 bits per heavy atom. The lowest BCUT2D eigenvalue weighted by Crippen LogP contribution is -2.47. The van der Waals surface area contributed by atoms with E-state index in [1.165, 1.54) is 0 Å². The Morgan fingerprint density at radius 2 is 1.64 bits per heavy atom. The van der Waals surface area contributed by atoms with Crippen LogP contribution in [-0.4, -0.2) is 42.5 Å². The van der Waals surface area contributed by atoms with E-state index in [-0.39, 0.29) is 24.5 Å². The first-order valence-electron chi connectivity index (χ1n) is 8.84. The lowest BCUT2D eigenvalue weighted by atomic mass is 10.0. The smallest absolute Gasteiger partial charge is 0.260 e. The molecule has 0 bridgehead atoms. The number of piperidine rings is 1. The number of benzene rings is 2. The van der Waals surface area contributed by atoms with Crippen LogP contribution in [0.1, 0.15) is 23.2 Å². The Bertz CT molecular complexity index is 850. The third kappa shape index (κ3) is 5.53. The molecule has 28 heavy (non-hydrogen) atoms. The molecule has 5 nitrogen and oxygen atoms in total. The first-order chi connectivity index (χ1) is 13.4. The van der Waals surface area contributed by atoms with Crippen LogP contribution in [0.15, 0.2) is 42.5 Å². The van der Waals surface area contributed by atoms with Crippen LogP contribution >= 0.6 is 34.8 Å². The van der Waals surface area contributed by atoms with E-state index in [4.69, 9.17) is 39.5 Å². The third-order valence-electron chi connectivity index (χ3n) is 4.53. The van der Waals surface area contributed by atoms with Gasteiger partial charge in [0, 0.05) is 29.2 Å². The Kier molecular flexibility index (Phi) is 7.05. The van der Waals surface area contributed by atoms with Gasteiger partial charge in [0.05, 0.1) is 10.6 Å². The summed E-state index contributed by atoms with van der Waals surface area (Å²) in [5.41, 5.74) is 0.351. The number of amides is 2. The van der Waals surface area contributed by atoms with Crippen molar-refractivity contribution in [2.24, 2.45) is 0 Å². The summed E-state index contributed by atoms with van der Waals surface area (Å²) in [6.07, 6.45) is 1.33. The zero-order valence-electron chi connectivity index (χ0n) is 15.0. The molecule has 2 aromatic carbocycles. The number of likely N-dealkylation sites (tertiary alicyclic amines) is 1. The van der Waals surface area contributed by atoms with Gasteiger partial charge in [-0.05, 0) is 55.3 Å². The topological polar surface area (TPSA) is 58.6 Å². The van der Waals surface area contributed by atoms with Gasteiger partial charge in [0.25, 0.3) is 11.8 Å². The minimum Gasteiger partial charge on any atom is -0.484 e. The van der Waals surface area contributed by atoms with E-state index in [2.05, 4.69) is 5.32 Å². The molecule has 0 aliphatic carbocycles. The predicted octanol–water partition coefficient (Wildman–Crippen LogP) is 4.45. The van der Waals surface area contributed by atoms with Gasteiger partial charge < -0.3 is 15.0 Å². The van der Waals surface area contributed by atoms with Crippen LogP contribution in [0.4, 0.5) is 0 Å². The monoisotopic (exact) mass is 440 g/mol. The summed E-state index contributed by atoms with van der Waals surface area (Å²) in [6, 6.07) is 11.6. The molecule has 8 heteroatoms. The van der Waals surface area contributed by atoms with Crippen molar-refractivity contribution in [2.45, 2.75) is 18.9 Å². The number of rotatable bonds is 5. The molecular formula is C20H19Cl3N2O3. The van der Waals surface area contributed by atoms with E-state index in [0.717, 1.165) is 0 Å². The third-order valence-corrected chi connectivity index (χ3v) is 5.35. The molecule has 0 aromatic heterocycles. The van der Waals surface area contributed by atoms with Crippen molar-refractivity contribution in [3.8, 4) is 5.75 Å². The van der Waals surface area contributed by atoms with Crippen LogP contribution in [0.3, 0.4) is 0 Å². The number of carbonyl (C=O) groups excluding carboxylic acids is 2. The number of nitrogens with one attached hydrogen (secondary N) is 1. The molecule has 1 aliphatic heterocycles. The van der Waals surface area contributed by atoms with E-state index >= 15 is 0 Å². The second-order valence-corrected chi connectivity index (χ2v) is 7.78. The predicted molar refractivity (Wildman–Crippen MR) is 110 cm³/mol. The largest absolute Gasteiger partial charge is 0.484 e. The lowest BCUT2D eigenvalue weighted by molar-refractivity contribution is -0.134. The zero-order valence-corrected chi connectivity index (χ0v) is 17.2. The maximum atomic E-state index is 12.4. The molecule has 2 amide bonds. The standard InChI is InChI=1S/C20H19Cl3N2O3/c21-13-1-4-16(5-2-13)28-12-19(26)25-9-7-15(8-10-25)24-20(27)17-11-14(22)3-6-18(17)23/h1-6,11,15H,7-10,12H2,(H,24,27). The van der Waals surface area contributed by atoms with E-state index in [1.54, 1.807) is 47.4 Å². The molecule has 3 rings (SSSR count). The van der Waals surface area contributed by atoms with E-state index in [1.807, 2.05) is 0 Å². The number of nitrogens with zero attached hydrogens (tertiary/aromatic N) is 1. The van der Waals surface area contributed by atoms with Crippen molar-refractivity contribution in [1.82, 2.24) is 10.2 Å². The number of hydrogen-bond donors (Lipinski definition) is 1. The summed E-state index contributed by atoms with van der Waals surface area (Å²) >= 11 is 17.8. The molecule has 148 valence electrons. The highest BCUT2D eigenvalue weighted by molar-refractivity contribution is 6.35. The van der Waals surface area contributed by atoms with Crippen molar-refractivity contribution in [1.29, 1.82) is 0 Å². The van der Waals surface area contributed by atoms with Crippen molar-refractivity contribution in [3.63, 3.8) is 0 Å². The molecular weight excluding hydrogens is 423 g/mol. The Balaban J connectivity index is 1.46. The fourth-order valence-corrected chi connectivity index (χ4v) is 3.48. The lowest BCUT2D eigenvalue weighted by Gasteiger charge is -2.32. The SMILES string of the molecule is O=C(NC1CCN(C(=O)COc2ccc(Cl)cc2)CC1)c1cc(Cl)ccc1Cl. The maximum absolute atomic E-state index is 12.4. The minimum atomic E-state index is -0.261. The maximum Gasteiger partial charge on any atom is 0.260 e. The number of ether oxygens (including phenoxy) is 1. The molecule has 0 atom stereocenters. The van der Waals surface area contributed by atoms with Gasteiger partial charge >= 0.3 is 0 Å². The zero-order chi connectivity index (χ0) is 20.1. The highest BCUT2D eigenvalue weighted by Gasteiger charge is 2.25. The van der Waals surface area contributed by atoms with E-state index in [9.17, 15) is 9.59 Å². The van der Waals surface area contributed by atoms with E-state index < -0.39 is 0 Å². The summed E-state index contributed by atoms with van der Waals surface area (Å²) in [5.74, 6) is 0.249. The Labute approximate surface area is 178 Å². The molecule has 1 heterocycles. The number of hydrogen-bond acceptors (Lipinski definition) is 3. The van der Waals surface area contributed by atoms with Crippen LogP contribution < -0.4 is 10.1 Å². The van der Waals surface area contributed by atoms with E-state index in [0.29, 0.717) is 52.3 Å².